The van der Waals surface area contributed by atoms with Crippen molar-refractivity contribution in [2.24, 2.45) is 0 Å². The predicted molar refractivity (Wildman–Crippen MR) is 103 cm³/mol. The van der Waals surface area contributed by atoms with Crippen molar-refractivity contribution in [3.63, 3.8) is 0 Å². The minimum absolute atomic E-state index is 0.0469. The lowest BCUT2D eigenvalue weighted by Gasteiger charge is -2.31. The molecule has 4 rings (SSSR count). The summed E-state index contributed by atoms with van der Waals surface area (Å²) in [5, 5.41) is 0. The van der Waals surface area contributed by atoms with Crippen molar-refractivity contribution in [2.45, 2.75) is 11.1 Å². The maximum atomic E-state index is 14.7. The minimum Gasteiger partial charge on any atom is -0.486 e. The number of anilines is 1. The summed E-state index contributed by atoms with van der Waals surface area (Å²) >= 11 is 0. The molecule has 1 heterocycles. The molecule has 0 radical (unpaired) electrons. The van der Waals surface area contributed by atoms with Crippen LogP contribution in [-0.4, -0.2) is 21.6 Å². The van der Waals surface area contributed by atoms with Gasteiger partial charge in [0.05, 0.1) is 22.7 Å². The largest absolute Gasteiger partial charge is 0.486 e. The molecule has 0 saturated carbocycles. The van der Waals surface area contributed by atoms with Crippen molar-refractivity contribution in [1.29, 1.82) is 0 Å². The second-order valence-corrected chi connectivity index (χ2v) is 8.78. The van der Waals surface area contributed by atoms with Crippen LogP contribution in [0.2, 0.25) is 0 Å². The SMILES string of the molecule is O=S(=O)(c1cccc(C(F)(F)F)c1)N1CCOc2c(F)cc(-c3cc(F)cc(F)c3)cc21. The van der Waals surface area contributed by atoms with Crippen LogP contribution in [0.1, 0.15) is 5.56 Å². The minimum atomic E-state index is -4.77. The van der Waals surface area contributed by atoms with Crippen LogP contribution in [0.25, 0.3) is 11.1 Å². The lowest BCUT2D eigenvalue weighted by molar-refractivity contribution is -0.137. The van der Waals surface area contributed by atoms with E-state index in [0.717, 1.165) is 42.5 Å². The van der Waals surface area contributed by atoms with Crippen LogP contribution in [0.3, 0.4) is 0 Å². The molecule has 32 heavy (non-hydrogen) atoms. The zero-order chi connectivity index (χ0) is 23.3. The molecule has 4 nitrogen and oxygen atoms in total. The van der Waals surface area contributed by atoms with Crippen molar-refractivity contribution < 1.29 is 39.5 Å². The average molecular weight is 473 g/mol. The molecule has 0 N–H and O–H groups in total. The van der Waals surface area contributed by atoms with Crippen LogP contribution in [0.15, 0.2) is 59.5 Å². The van der Waals surface area contributed by atoms with Gasteiger partial charge < -0.3 is 4.74 Å². The van der Waals surface area contributed by atoms with Gasteiger partial charge in [0.2, 0.25) is 0 Å². The monoisotopic (exact) mass is 473 g/mol. The molecular weight excluding hydrogens is 460 g/mol. The molecule has 11 heteroatoms. The Bertz CT molecular complexity index is 1290. The smallest absolute Gasteiger partial charge is 0.416 e. The van der Waals surface area contributed by atoms with E-state index in [9.17, 15) is 34.8 Å². The Morgan fingerprint density at radius 2 is 1.53 bits per heavy atom. The highest BCUT2D eigenvalue weighted by molar-refractivity contribution is 7.92. The zero-order valence-corrected chi connectivity index (χ0v) is 16.8. The molecule has 168 valence electrons. The van der Waals surface area contributed by atoms with E-state index in [1.54, 1.807) is 0 Å². The number of hydrogen-bond donors (Lipinski definition) is 0. The molecule has 0 spiro atoms. The van der Waals surface area contributed by atoms with Gasteiger partial charge in [0, 0.05) is 6.07 Å². The summed E-state index contributed by atoms with van der Waals surface area (Å²) in [7, 11) is -4.55. The van der Waals surface area contributed by atoms with Crippen molar-refractivity contribution in [3.8, 4) is 16.9 Å². The first kappa shape index (κ1) is 22.0. The third-order valence-electron chi connectivity index (χ3n) is 4.78. The summed E-state index contributed by atoms with van der Waals surface area (Å²) in [5.74, 6) is -3.29. The van der Waals surface area contributed by atoms with Gasteiger partial charge in [-0.05, 0) is 53.6 Å². The molecule has 0 amide bonds. The van der Waals surface area contributed by atoms with Gasteiger partial charge in [0.25, 0.3) is 10.0 Å². The molecule has 0 unspecified atom stereocenters. The molecule has 0 saturated heterocycles. The molecule has 3 aromatic rings. The second-order valence-electron chi connectivity index (χ2n) is 6.92. The maximum absolute atomic E-state index is 14.7. The highest BCUT2D eigenvalue weighted by atomic mass is 32.2. The second kappa shape index (κ2) is 7.73. The quantitative estimate of drug-likeness (QED) is 0.480. The maximum Gasteiger partial charge on any atom is 0.416 e. The van der Waals surface area contributed by atoms with Crippen LogP contribution >= 0.6 is 0 Å². The van der Waals surface area contributed by atoms with Crippen LogP contribution < -0.4 is 9.04 Å². The molecule has 1 aliphatic rings. The van der Waals surface area contributed by atoms with E-state index in [2.05, 4.69) is 0 Å². The van der Waals surface area contributed by atoms with Gasteiger partial charge in [-0.2, -0.15) is 13.2 Å². The van der Waals surface area contributed by atoms with Gasteiger partial charge in [-0.1, -0.05) is 6.07 Å². The van der Waals surface area contributed by atoms with Gasteiger partial charge >= 0.3 is 6.18 Å². The first-order chi connectivity index (χ1) is 15.0. The number of fused-ring (bicyclic) bond motifs is 1. The number of hydrogen-bond acceptors (Lipinski definition) is 3. The Hall–Kier alpha value is -3.21. The summed E-state index contributed by atoms with van der Waals surface area (Å²) in [5.41, 5.74) is -1.57. The zero-order valence-electron chi connectivity index (χ0n) is 16.0. The number of alkyl halides is 3. The third kappa shape index (κ3) is 3.99. The van der Waals surface area contributed by atoms with E-state index in [0.29, 0.717) is 16.4 Å². The number of ether oxygens (including phenoxy) is 1. The van der Waals surface area contributed by atoms with E-state index < -0.39 is 49.9 Å². The fraction of sp³-hybridized carbons (Fsp3) is 0.143. The first-order valence-corrected chi connectivity index (χ1v) is 10.5. The Kier molecular flexibility index (Phi) is 5.32. The molecular formula is C21H13F6NO3S. The number of rotatable bonds is 3. The Labute approximate surface area is 178 Å². The Morgan fingerprint density at radius 3 is 2.19 bits per heavy atom. The van der Waals surface area contributed by atoms with E-state index in [-0.39, 0.29) is 30.0 Å². The van der Waals surface area contributed by atoms with E-state index in [4.69, 9.17) is 4.74 Å². The van der Waals surface area contributed by atoms with Gasteiger partial charge in [-0.3, -0.25) is 4.31 Å². The number of halogens is 6. The molecule has 3 aromatic carbocycles. The first-order valence-electron chi connectivity index (χ1n) is 9.09. The highest BCUT2D eigenvalue weighted by Gasteiger charge is 2.35. The lowest BCUT2D eigenvalue weighted by atomic mass is 10.0. The summed E-state index contributed by atoms with van der Waals surface area (Å²) in [6, 6.07) is 7.69. The molecule has 0 atom stereocenters. The molecule has 0 bridgehead atoms. The van der Waals surface area contributed by atoms with Crippen molar-refractivity contribution in [3.05, 3.63) is 77.6 Å². The molecule has 0 aliphatic carbocycles. The van der Waals surface area contributed by atoms with Crippen LogP contribution in [-0.2, 0) is 16.2 Å². The van der Waals surface area contributed by atoms with Gasteiger partial charge in [-0.25, -0.2) is 21.6 Å². The van der Waals surface area contributed by atoms with Gasteiger partial charge in [0.1, 0.15) is 18.2 Å². The highest BCUT2D eigenvalue weighted by Crippen LogP contribution is 2.41. The van der Waals surface area contributed by atoms with Crippen molar-refractivity contribution >= 4 is 15.7 Å². The number of nitrogens with zero attached hydrogens (tertiary/aromatic N) is 1. The molecule has 0 aromatic heterocycles. The molecule has 0 fully saturated rings. The van der Waals surface area contributed by atoms with E-state index >= 15 is 0 Å². The fourth-order valence-electron chi connectivity index (χ4n) is 3.36. The number of benzene rings is 3. The summed E-state index contributed by atoms with van der Waals surface area (Å²) in [6.07, 6.45) is -4.77. The van der Waals surface area contributed by atoms with E-state index in [1.165, 1.54) is 0 Å². The van der Waals surface area contributed by atoms with Gasteiger partial charge in [0.15, 0.2) is 11.6 Å². The predicted octanol–water partition coefficient (Wildman–Crippen LogP) is 5.38. The van der Waals surface area contributed by atoms with Crippen LogP contribution in [0, 0.1) is 17.5 Å². The van der Waals surface area contributed by atoms with E-state index in [1.807, 2.05) is 0 Å². The number of sulfonamides is 1. The summed E-state index contributed by atoms with van der Waals surface area (Å²) in [4.78, 5) is -0.650. The normalized spacial score (nSPS) is 14.1. The van der Waals surface area contributed by atoms with Crippen molar-refractivity contribution in [1.82, 2.24) is 0 Å². The molecule has 1 aliphatic heterocycles. The van der Waals surface area contributed by atoms with Crippen molar-refractivity contribution in [2.75, 3.05) is 17.5 Å². The summed E-state index contributed by atoms with van der Waals surface area (Å²) < 4.78 is 113. The van der Waals surface area contributed by atoms with Crippen LogP contribution in [0.4, 0.5) is 32.0 Å². The fourth-order valence-corrected chi connectivity index (χ4v) is 4.85. The average Bonchev–Trinajstić information content (AvgIpc) is 2.72. The lowest BCUT2D eigenvalue weighted by Crippen LogP contribution is -2.38. The Morgan fingerprint density at radius 1 is 0.875 bits per heavy atom. The topological polar surface area (TPSA) is 46.6 Å². The van der Waals surface area contributed by atoms with Crippen LogP contribution in [0.5, 0.6) is 5.75 Å². The third-order valence-corrected chi connectivity index (χ3v) is 6.59. The van der Waals surface area contributed by atoms with Gasteiger partial charge in [-0.15, -0.1) is 0 Å². The standard InChI is InChI=1S/C21H13F6NO3S/c22-15-6-12(7-16(23)11-15)13-8-18(24)20-19(9-13)28(4-5-31-20)32(29,30)17-3-1-2-14(10-17)21(25,26)27/h1-3,6-11H,4-5H2. The Balaban J connectivity index is 1.85. The summed E-state index contributed by atoms with van der Waals surface area (Å²) in [6.45, 7) is -0.567.